The van der Waals surface area contributed by atoms with E-state index in [9.17, 15) is 8.42 Å². The second-order valence-corrected chi connectivity index (χ2v) is 7.30. The van der Waals surface area contributed by atoms with Crippen LogP contribution in [0.4, 0.5) is 0 Å². The molecule has 1 N–H and O–H groups in total. The Balaban J connectivity index is 2.12. The van der Waals surface area contributed by atoms with Crippen molar-refractivity contribution in [3.05, 3.63) is 51.3 Å². The molecule has 0 radical (unpaired) electrons. The number of hydrogen-bond acceptors (Lipinski definition) is 4. The number of halogens is 2. The summed E-state index contributed by atoms with van der Waals surface area (Å²) in [6.45, 7) is 3.43. The van der Waals surface area contributed by atoms with Crippen LogP contribution in [0.5, 0.6) is 0 Å². The zero-order valence-corrected chi connectivity index (χ0v) is 13.8. The van der Waals surface area contributed by atoms with Crippen molar-refractivity contribution in [3.8, 4) is 0 Å². The highest BCUT2D eigenvalue weighted by molar-refractivity contribution is 7.88. The third kappa shape index (κ3) is 4.44. The maximum atomic E-state index is 12.1. The van der Waals surface area contributed by atoms with Crippen molar-refractivity contribution in [3.63, 3.8) is 0 Å². The van der Waals surface area contributed by atoms with Gasteiger partial charge in [0.1, 0.15) is 5.75 Å². The molecule has 1 aromatic heterocycles. The Hall–Kier alpha value is -1.08. The zero-order chi connectivity index (χ0) is 15.6. The standard InChI is InChI=1S/C13H14Cl2N2O3S/c1-8-5-11(20-16-8)7-21(18,19)17-9(2)12-4-3-10(14)6-13(12)15/h3-6,9,17H,7H2,1-2H3. The highest BCUT2D eigenvalue weighted by Gasteiger charge is 2.20. The van der Waals surface area contributed by atoms with Crippen LogP contribution in [0.2, 0.25) is 10.0 Å². The number of rotatable bonds is 5. The van der Waals surface area contributed by atoms with Crippen molar-refractivity contribution in [1.29, 1.82) is 0 Å². The van der Waals surface area contributed by atoms with Crippen LogP contribution in [0.3, 0.4) is 0 Å². The van der Waals surface area contributed by atoms with E-state index in [0.717, 1.165) is 0 Å². The van der Waals surface area contributed by atoms with Gasteiger partial charge in [0, 0.05) is 22.2 Å². The third-order valence-corrected chi connectivity index (χ3v) is 4.73. The molecule has 8 heteroatoms. The summed E-state index contributed by atoms with van der Waals surface area (Å²) in [4.78, 5) is 0. The van der Waals surface area contributed by atoms with Crippen LogP contribution in [-0.4, -0.2) is 13.6 Å². The molecule has 0 saturated heterocycles. The highest BCUT2D eigenvalue weighted by atomic mass is 35.5. The average Bonchev–Trinajstić information content (AvgIpc) is 2.72. The molecular weight excluding hydrogens is 335 g/mol. The van der Waals surface area contributed by atoms with Crippen LogP contribution in [0, 0.1) is 6.92 Å². The topological polar surface area (TPSA) is 72.2 Å². The van der Waals surface area contributed by atoms with Crippen molar-refractivity contribution in [2.45, 2.75) is 25.6 Å². The Labute approximate surface area is 133 Å². The summed E-state index contributed by atoms with van der Waals surface area (Å²) >= 11 is 11.9. The van der Waals surface area contributed by atoms with E-state index < -0.39 is 16.1 Å². The Bertz CT molecular complexity index is 744. The minimum absolute atomic E-state index is 0.274. The Kier molecular flexibility index (Phi) is 4.93. The maximum Gasteiger partial charge on any atom is 0.219 e. The van der Waals surface area contributed by atoms with Crippen LogP contribution >= 0.6 is 23.2 Å². The molecule has 0 amide bonds. The van der Waals surface area contributed by atoms with Crippen LogP contribution in [0.25, 0.3) is 0 Å². The van der Waals surface area contributed by atoms with Gasteiger partial charge in [-0.2, -0.15) is 0 Å². The number of sulfonamides is 1. The van der Waals surface area contributed by atoms with E-state index >= 15 is 0 Å². The second kappa shape index (κ2) is 6.36. The molecule has 0 aliphatic carbocycles. The first-order chi connectivity index (χ1) is 9.77. The molecule has 0 aliphatic rings. The third-order valence-electron chi connectivity index (χ3n) is 2.79. The first-order valence-electron chi connectivity index (χ1n) is 6.14. The number of nitrogens with zero attached hydrogens (tertiary/aromatic N) is 1. The fourth-order valence-corrected chi connectivity index (χ4v) is 3.73. The van der Waals surface area contributed by atoms with Crippen LogP contribution < -0.4 is 4.72 Å². The van der Waals surface area contributed by atoms with Crippen LogP contribution in [-0.2, 0) is 15.8 Å². The molecular formula is C13H14Cl2N2O3S. The predicted molar refractivity (Wildman–Crippen MR) is 81.9 cm³/mol. The fourth-order valence-electron chi connectivity index (χ4n) is 1.90. The number of hydrogen-bond donors (Lipinski definition) is 1. The van der Waals surface area contributed by atoms with Crippen molar-refractivity contribution in [1.82, 2.24) is 9.88 Å². The highest BCUT2D eigenvalue weighted by Crippen LogP contribution is 2.26. The van der Waals surface area contributed by atoms with Crippen molar-refractivity contribution in [2.75, 3.05) is 0 Å². The molecule has 1 heterocycles. The molecule has 114 valence electrons. The van der Waals surface area contributed by atoms with E-state index in [0.29, 0.717) is 21.3 Å². The first kappa shape index (κ1) is 16.3. The molecule has 0 saturated carbocycles. The van der Waals surface area contributed by atoms with E-state index in [4.69, 9.17) is 27.7 Å². The smallest absolute Gasteiger partial charge is 0.219 e. The lowest BCUT2D eigenvalue weighted by Crippen LogP contribution is -2.28. The normalized spacial score (nSPS) is 13.3. The molecule has 0 fully saturated rings. The molecule has 2 rings (SSSR count). The van der Waals surface area contributed by atoms with Gasteiger partial charge in [-0.1, -0.05) is 34.4 Å². The van der Waals surface area contributed by atoms with Gasteiger partial charge in [-0.25, -0.2) is 13.1 Å². The quantitative estimate of drug-likeness (QED) is 0.897. The number of aromatic nitrogens is 1. The summed E-state index contributed by atoms with van der Waals surface area (Å²) in [5.74, 6) is 0.0121. The van der Waals surface area contributed by atoms with Gasteiger partial charge in [0.05, 0.1) is 5.69 Å². The lowest BCUT2D eigenvalue weighted by molar-refractivity contribution is 0.388. The van der Waals surface area contributed by atoms with Gasteiger partial charge in [-0.3, -0.25) is 0 Å². The number of aryl methyl sites for hydroxylation is 1. The Morgan fingerprint density at radius 3 is 2.62 bits per heavy atom. The van der Waals surface area contributed by atoms with Gasteiger partial charge < -0.3 is 4.52 Å². The first-order valence-corrected chi connectivity index (χ1v) is 8.55. The van der Waals surface area contributed by atoms with Gasteiger partial charge >= 0.3 is 0 Å². The molecule has 2 aromatic rings. The van der Waals surface area contributed by atoms with Gasteiger partial charge in [0.15, 0.2) is 5.76 Å². The molecule has 1 unspecified atom stereocenters. The van der Waals surface area contributed by atoms with E-state index in [1.54, 1.807) is 38.1 Å². The molecule has 21 heavy (non-hydrogen) atoms. The van der Waals surface area contributed by atoms with E-state index in [2.05, 4.69) is 9.88 Å². The summed E-state index contributed by atoms with van der Waals surface area (Å²) in [5.41, 5.74) is 1.28. The fraction of sp³-hybridized carbons (Fsp3) is 0.308. The predicted octanol–water partition coefficient (Wildman–Crippen LogP) is 3.47. The van der Waals surface area contributed by atoms with Gasteiger partial charge in [0.2, 0.25) is 10.0 Å². The summed E-state index contributed by atoms with van der Waals surface area (Å²) in [6.07, 6.45) is 0. The summed E-state index contributed by atoms with van der Waals surface area (Å²) < 4.78 is 31.7. The molecule has 0 bridgehead atoms. The lowest BCUT2D eigenvalue weighted by Gasteiger charge is -2.15. The second-order valence-electron chi connectivity index (χ2n) is 4.70. The summed E-state index contributed by atoms with van der Waals surface area (Å²) in [5, 5.41) is 4.57. The molecule has 1 atom stereocenters. The zero-order valence-electron chi connectivity index (χ0n) is 11.4. The van der Waals surface area contributed by atoms with Gasteiger partial charge in [-0.15, -0.1) is 0 Å². The average molecular weight is 349 g/mol. The van der Waals surface area contributed by atoms with Crippen molar-refractivity contribution < 1.29 is 12.9 Å². The van der Waals surface area contributed by atoms with Crippen molar-refractivity contribution in [2.24, 2.45) is 0 Å². The monoisotopic (exact) mass is 348 g/mol. The lowest BCUT2D eigenvalue weighted by atomic mass is 10.1. The largest absolute Gasteiger partial charge is 0.360 e. The Morgan fingerprint density at radius 1 is 1.33 bits per heavy atom. The molecule has 0 aliphatic heterocycles. The summed E-state index contributed by atoms with van der Waals surface area (Å²) in [7, 11) is -3.57. The SMILES string of the molecule is Cc1cc(CS(=O)(=O)NC(C)c2ccc(Cl)cc2Cl)on1. The Morgan fingerprint density at radius 2 is 2.05 bits per heavy atom. The maximum absolute atomic E-state index is 12.1. The molecule has 5 nitrogen and oxygen atoms in total. The van der Waals surface area contributed by atoms with E-state index in [-0.39, 0.29) is 11.5 Å². The molecule has 0 spiro atoms. The van der Waals surface area contributed by atoms with Gasteiger partial charge in [-0.05, 0) is 31.5 Å². The van der Waals surface area contributed by atoms with Crippen LogP contribution in [0.1, 0.15) is 30.0 Å². The van der Waals surface area contributed by atoms with Crippen LogP contribution in [0.15, 0.2) is 28.8 Å². The number of nitrogens with one attached hydrogen (secondary N) is 1. The number of benzene rings is 1. The molecule has 1 aromatic carbocycles. The van der Waals surface area contributed by atoms with E-state index in [1.165, 1.54) is 0 Å². The summed E-state index contributed by atoms with van der Waals surface area (Å²) in [6, 6.07) is 6.02. The minimum atomic E-state index is -3.57. The van der Waals surface area contributed by atoms with E-state index in [1.807, 2.05) is 0 Å². The van der Waals surface area contributed by atoms with Crippen molar-refractivity contribution >= 4 is 33.2 Å². The minimum Gasteiger partial charge on any atom is -0.360 e. The van der Waals surface area contributed by atoms with Gasteiger partial charge in [0.25, 0.3) is 0 Å².